The fourth-order valence-electron chi connectivity index (χ4n) is 2.16. The molecule has 0 spiro atoms. The Labute approximate surface area is 112 Å². The third-order valence-corrected chi connectivity index (χ3v) is 3.25. The minimum atomic E-state index is -2.13. The van der Waals surface area contributed by atoms with Gasteiger partial charge in [-0.05, 0) is 12.1 Å². The molecular formula is C13H8ClFN2O2. The molecule has 96 valence electrons. The van der Waals surface area contributed by atoms with Crippen LogP contribution in [0.5, 0.6) is 0 Å². The number of para-hydroxylation sites is 1. The van der Waals surface area contributed by atoms with E-state index in [0.29, 0.717) is 5.69 Å². The van der Waals surface area contributed by atoms with E-state index in [0.717, 1.165) is 6.07 Å². The number of hydrogen-bond acceptors (Lipinski definition) is 3. The van der Waals surface area contributed by atoms with Crippen LogP contribution in [0.3, 0.4) is 0 Å². The summed E-state index contributed by atoms with van der Waals surface area (Å²) in [6.45, 7) is 0. The van der Waals surface area contributed by atoms with Gasteiger partial charge in [-0.2, -0.15) is 0 Å². The molecule has 3 rings (SSSR count). The number of pyridine rings is 1. The number of benzene rings is 1. The molecule has 0 fully saturated rings. The number of halogens is 2. The lowest BCUT2D eigenvalue weighted by molar-refractivity contribution is -0.130. The van der Waals surface area contributed by atoms with Crippen molar-refractivity contribution in [1.29, 1.82) is 0 Å². The van der Waals surface area contributed by atoms with Gasteiger partial charge in [-0.3, -0.25) is 9.78 Å². The molecule has 2 aromatic rings. The lowest BCUT2D eigenvalue weighted by Crippen LogP contribution is -2.37. The van der Waals surface area contributed by atoms with E-state index in [4.69, 9.17) is 11.6 Å². The van der Waals surface area contributed by atoms with Gasteiger partial charge in [0, 0.05) is 17.4 Å². The van der Waals surface area contributed by atoms with Crippen LogP contribution in [0.2, 0.25) is 5.02 Å². The summed E-state index contributed by atoms with van der Waals surface area (Å²) in [6.07, 6.45) is 1.19. The Kier molecular flexibility index (Phi) is 2.55. The lowest BCUT2D eigenvalue weighted by atomic mass is 9.91. The Hall–Kier alpha value is -1.98. The van der Waals surface area contributed by atoms with Crippen LogP contribution in [0.25, 0.3) is 0 Å². The van der Waals surface area contributed by atoms with Crippen LogP contribution in [-0.4, -0.2) is 16.0 Å². The number of aromatic nitrogens is 1. The minimum Gasteiger partial charge on any atom is -0.370 e. The smallest absolute Gasteiger partial charge is 0.267 e. The Morgan fingerprint density at radius 3 is 2.84 bits per heavy atom. The van der Waals surface area contributed by atoms with Crippen molar-refractivity contribution < 1.29 is 14.3 Å². The van der Waals surface area contributed by atoms with Gasteiger partial charge in [0.2, 0.25) is 5.60 Å². The second kappa shape index (κ2) is 4.01. The van der Waals surface area contributed by atoms with Gasteiger partial charge in [0.15, 0.2) is 0 Å². The summed E-state index contributed by atoms with van der Waals surface area (Å²) in [6, 6.07) is 7.53. The average Bonchev–Trinajstić information content (AvgIpc) is 2.63. The summed E-state index contributed by atoms with van der Waals surface area (Å²) >= 11 is 5.62. The van der Waals surface area contributed by atoms with E-state index in [1.165, 1.54) is 6.20 Å². The fraction of sp³-hybridized carbons (Fsp3) is 0.0769. The van der Waals surface area contributed by atoms with Gasteiger partial charge in [0.05, 0.1) is 5.02 Å². The molecule has 0 saturated heterocycles. The van der Waals surface area contributed by atoms with Crippen molar-refractivity contribution in [2.45, 2.75) is 5.60 Å². The van der Waals surface area contributed by atoms with Gasteiger partial charge >= 0.3 is 0 Å². The zero-order valence-electron chi connectivity index (χ0n) is 9.52. The average molecular weight is 279 g/mol. The van der Waals surface area contributed by atoms with Crippen LogP contribution in [0.4, 0.5) is 10.1 Å². The second-order valence-electron chi connectivity index (χ2n) is 4.19. The molecule has 0 bridgehead atoms. The predicted octanol–water partition coefficient (Wildman–Crippen LogP) is 2.06. The quantitative estimate of drug-likeness (QED) is 0.839. The van der Waals surface area contributed by atoms with Crippen molar-refractivity contribution in [3.05, 3.63) is 58.6 Å². The molecule has 2 N–H and O–H groups in total. The molecule has 6 heteroatoms. The minimum absolute atomic E-state index is 0.0940. The maximum atomic E-state index is 13.9. The summed E-state index contributed by atoms with van der Waals surface area (Å²) in [4.78, 5) is 15.8. The normalized spacial score (nSPS) is 21.1. The molecule has 1 amide bonds. The van der Waals surface area contributed by atoms with E-state index in [1.807, 2.05) is 0 Å². The second-order valence-corrected chi connectivity index (χ2v) is 4.63. The highest BCUT2D eigenvalue weighted by Crippen LogP contribution is 2.40. The molecular weight excluding hydrogens is 271 g/mol. The molecule has 0 radical (unpaired) electrons. The molecule has 1 aliphatic rings. The number of nitrogens with one attached hydrogen (secondary N) is 1. The number of nitrogens with zero attached hydrogens (tertiary/aromatic N) is 1. The van der Waals surface area contributed by atoms with Crippen molar-refractivity contribution >= 4 is 23.2 Å². The summed E-state index contributed by atoms with van der Waals surface area (Å²) in [7, 11) is 0. The first-order valence-corrected chi connectivity index (χ1v) is 5.86. The number of carbonyl (C=O) groups is 1. The van der Waals surface area contributed by atoms with Crippen molar-refractivity contribution in [2.24, 2.45) is 0 Å². The Morgan fingerprint density at radius 2 is 2.11 bits per heavy atom. The SMILES string of the molecule is O=C1Nc2ccccc2C1(O)c1ncc(Cl)cc1F. The standard InChI is InChI=1S/C13H8ClFN2O2/c14-7-5-9(15)11(16-6-7)13(19)8-3-1-2-4-10(8)17-12(13)18/h1-6,19H,(H,17,18). The predicted molar refractivity (Wildman–Crippen MR) is 67.3 cm³/mol. The topological polar surface area (TPSA) is 62.2 Å². The highest BCUT2D eigenvalue weighted by molar-refractivity contribution is 6.30. The first kappa shape index (κ1) is 12.1. The van der Waals surface area contributed by atoms with Gasteiger partial charge in [0.25, 0.3) is 5.91 Å². The third-order valence-electron chi connectivity index (χ3n) is 3.04. The number of fused-ring (bicyclic) bond motifs is 1. The number of aliphatic hydroxyl groups is 1. The molecule has 2 heterocycles. The van der Waals surface area contributed by atoms with Crippen LogP contribution in [0.1, 0.15) is 11.3 Å². The Morgan fingerprint density at radius 1 is 1.37 bits per heavy atom. The number of anilines is 1. The molecule has 1 aliphatic heterocycles. The van der Waals surface area contributed by atoms with Gasteiger partial charge in [-0.15, -0.1) is 0 Å². The largest absolute Gasteiger partial charge is 0.370 e. The van der Waals surface area contributed by atoms with Crippen LogP contribution < -0.4 is 5.32 Å². The van der Waals surface area contributed by atoms with Crippen LogP contribution in [0.15, 0.2) is 36.5 Å². The van der Waals surface area contributed by atoms with E-state index < -0.39 is 17.3 Å². The monoisotopic (exact) mass is 278 g/mol. The molecule has 1 aromatic heterocycles. The van der Waals surface area contributed by atoms with Crippen molar-refractivity contribution in [1.82, 2.24) is 4.98 Å². The Bertz CT molecular complexity index is 692. The highest BCUT2D eigenvalue weighted by atomic mass is 35.5. The van der Waals surface area contributed by atoms with Crippen LogP contribution in [-0.2, 0) is 10.4 Å². The summed E-state index contributed by atoms with van der Waals surface area (Å²) in [5.74, 6) is -1.57. The number of rotatable bonds is 1. The molecule has 0 saturated carbocycles. The van der Waals surface area contributed by atoms with Crippen molar-refractivity contribution in [2.75, 3.05) is 5.32 Å². The maximum Gasteiger partial charge on any atom is 0.267 e. The van der Waals surface area contributed by atoms with Gasteiger partial charge in [0.1, 0.15) is 11.5 Å². The maximum absolute atomic E-state index is 13.9. The molecule has 1 atom stereocenters. The summed E-state index contributed by atoms with van der Waals surface area (Å²) in [5, 5.41) is 13.2. The molecule has 0 aliphatic carbocycles. The Balaban J connectivity index is 2.25. The summed E-state index contributed by atoms with van der Waals surface area (Å²) < 4.78 is 13.9. The number of carbonyl (C=O) groups excluding carboxylic acids is 1. The van der Waals surface area contributed by atoms with Crippen molar-refractivity contribution in [3.8, 4) is 0 Å². The molecule has 4 nitrogen and oxygen atoms in total. The van der Waals surface area contributed by atoms with Gasteiger partial charge < -0.3 is 10.4 Å². The first-order chi connectivity index (χ1) is 9.03. The molecule has 1 unspecified atom stereocenters. The summed E-state index contributed by atoms with van der Waals surface area (Å²) in [5.41, 5.74) is -1.79. The number of amides is 1. The van der Waals surface area contributed by atoms with E-state index in [-0.39, 0.29) is 16.3 Å². The van der Waals surface area contributed by atoms with E-state index in [2.05, 4.69) is 10.3 Å². The van der Waals surface area contributed by atoms with Crippen molar-refractivity contribution in [3.63, 3.8) is 0 Å². The van der Waals surface area contributed by atoms with E-state index >= 15 is 0 Å². The third kappa shape index (κ3) is 1.63. The number of hydrogen-bond donors (Lipinski definition) is 2. The molecule has 1 aromatic carbocycles. The molecule has 19 heavy (non-hydrogen) atoms. The van der Waals surface area contributed by atoms with Crippen LogP contribution in [0, 0.1) is 5.82 Å². The lowest BCUT2D eigenvalue weighted by Gasteiger charge is -2.20. The fourth-order valence-corrected chi connectivity index (χ4v) is 2.30. The zero-order valence-corrected chi connectivity index (χ0v) is 10.3. The van der Waals surface area contributed by atoms with E-state index in [1.54, 1.807) is 24.3 Å². The van der Waals surface area contributed by atoms with Crippen LogP contribution >= 0.6 is 11.6 Å². The highest BCUT2D eigenvalue weighted by Gasteiger charge is 2.49. The first-order valence-electron chi connectivity index (χ1n) is 5.48. The van der Waals surface area contributed by atoms with E-state index in [9.17, 15) is 14.3 Å². The van der Waals surface area contributed by atoms with Gasteiger partial charge in [-0.25, -0.2) is 4.39 Å². The van der Waals surface area contributed by atoms with Gasteiger partial charge in [-0.1, -0.05) is 29.8 Å². The zero-order chi connectivity index (χ0) is 13.6.